The van der Waals surface area contributed by atoms with E-state index in [1.54, 1.807) is 89.3 Å². The van der Waals surface area contributed by atoms with Crippen LogP contribution in [0.3, 0.4) is 0 Å². The number of nitrogens with one attached hydrogen (secondary N) is 3. The molecule has 2 atom stereocenters. The van der Waals surface area contributed by atoms with E-state index in [0.29, 0.717) is 22.3 Å². The number of aromatic nitrogens is 6. The summed E-state index contributed by atoms with van der Waals surface area (Å²) in [6, 6.07) is 27.7. The van der Waals surface area contributed by atoms with Gasteiger partial charge >= 0.3 is 0 Å². The Morgan fingerprint density at radius 2 is 0.931 bits per heavy atom. The van der Waals surface area contributed by atoms with Gasteiger partial charge in [-0.25, -0.2) is 49.2 Å². The highest BCUT2D eigenvalue weighted by Gasteiger charge is 2.51. The first kappa shape index (κ1) is 73.8. The van der Waals surface area contributed by atoms with E-state index in [1.165, 1.54) is 45.8 Å². The monoisotopic (exact) mass is 1400 g/mol. The summed E-state index contributed by atoms with van der Waals surface area (Å²) in [5.41, 5.74) is 38.3. The van der Waals surface area contributed by atoms with Gasteiger partial charge in [0.1, 0.15) is 86.6 Å². The van der Waals surface area contributed by atoms with E-state index in [0.717, 1.165) is 50.3 Å². The number of hydrogen-bond donors (Lipinski definition) is 9. The molecular formula is C70H73F8N17O6. The SMILES string of the molecule is Cc1ccc(F)cc1C(=O)NCc1cc(F)c(-c2nn(C(C)C)c(N)c2C(N)=O)cc1F.Cc1ccccc1C(=O)NCc1ccc(-c2nn(C3CN(C)CC3(F)F)c(N)c2C(N)=O)cc1.Cc1ccccc1C(=O)NCc1ccc(-c2nn(C3CN(C)CC3(F)F)c(N)c2C(N)=O)cc1F. The lowest BCUT2D eigenvalue weighted by Crippen LogP contribution is -2.31. The zero-order valence-electron chi connectivity index (χ0n) is 55.7. The Morgan fingerprint density at radius 1 is 0.495 bits per heavy atom. The van der Waals surface area contributed by atoms with Crippen molar-refractivity contribution >= 4 is 52.9 Å². The van der Waals surface area contributed by atoms with Crippen molar-refractivity contribution in [3.05, 3.63) is 211 Å². The van der Waals surface area contributed by atoms with E-state index in [9.17, 15) is 63.9 Å². The fraction of sp³-hybridized carbons (Fsp3) is 0.271. The number of halogens is 8. The molecule has 6 aromatic carbocycles. The van der Waals surface area contributed by atoms with Gasteiger partial charge in [-0.15, -0.1) is 0 Å². The highest BCUT2D eigenvalue weighted by Crippen LogP contribution is 2.42. The normalized spacial score (nSPS) is 15.5. The maximum Gasteiger partial charge on any atom is 0.283 e. The van der Waals surface area contributed by atoms with E-state index in [4.69, 9.17) is 34.4 Å². The summed E-state index contributed by atoms with van der Waals surface area (Å²) in [6.07, 6.45) is 0. The third kappa shape index (κ3) is 16.0. The van der Waals surface area contributed by atoms with Crippen LogP contribution in [0.4, 0.5) is 52.6 Å². The van der Waals surface area contributed by atoms with Crippen molar-refractivity contribution in [1.82, 2.24) is 55.1 Å². The number of anilines is 3. The topological polar surface area (TPSA) is 355 Å². The molecule has 0 aliphatic carbocycles. The fourth-order valence-electron chi connectivity index (χ4n) is 11.8. The highest BCUT2D eigenvalue weighted by atomic mass is 19.3. The number of carbonyl (C=O) groups is 6. The summed E-state index contributed by atoms with van der Waals surface area (Å²) >= 11 is 0. The first-order valence-corrected chi connectivity index (χ1v) is 31.3. The van der Waals surface area contributed by atoms with Crippen LogP contribution in [0.1, 0.15) is 128 Å². The Bertz CT molecular complexity index is 4690. The number of likely N-dealkylation sites (tertiary alicyclic amines) is 2. The number of rotatable bonds is 18. The van der Waals surface area contributed by atoms with Crippen LogP contribution < -0.4 is 50.4 Å². The maximum absolute atomic E-state index is 14.9. The number of nitrogens with zero attached hydrogens (tertiary/aromatic N) is 8. The van der Waals surface area contributed by atoms with Gasteiger partial charge < -0.3 is 50.4 Å². The molecule has 2 fully saturated rings. The van der Waals surface area contributed by atoms with Gasteiger partial charge in [0.25, 0.3) is 47.3 Å². The van der Waals surface area contributed by atoms with E-state index in [2.05, 4.69) is 31.2 Å². The molecule has 15 N–H and O–H groups in total. The zero-order valence-corrected chi connectivity index (χ0v) is 55.7. The standard InChI is InChI=1S/C24H25F3N6O2.C24H26F2N6O2.C22H22F3N5O2/c1-13-5-3-4-6-16(13)23(35)30-10-15-8-7-14(9-17(15)25)20-19(22(29)34)21(28)33(31-20)18-11-32(2)12-24(18,26)27;1-14-5-3-4-6-17(14)23(34)29-11-15-7-9-16(10-8-15)20-19(22(28)33)21(27)32(30-20)18-12-31(2)13-24(18,25)26;1-10(2)30-20(26)18(21(27)31)19(29-30)15-8-16(24)12(6-17(15)25)9-28-22(32)14-7-13(23)5-4-11(14)3/h3-9,18H,10-12,28H2,1-2H3,(H2,29,34)(H,30,35);3-10,18H,11-13,27H2,1-2H3,(H2,28,33)(H,29,34);4-8,10H,9,26H2,1-3H3,(H2,27,31)(H,28,32). The van der Waals surface area contributed by atoms with E-state index in [1.807, 2.05) is 25.1 Å². The van der Waals surface area contributed by atoms with Gasteiger partial charge in [-0.2, -0.15) is 15.3 Å². The van der Waals surface area contributed by atoms with Gasteiger partial charge in [-0.1, -0.05) is 78.9 Å². The number of benzene rings is 6. The van der Waals surface area contributed by atoms with Crippen LogP contribution in [0.25, 0.3) is 33.8 Å². The molecule has 0 spiro atoms. The lowest BCUT2D eigenvalue weighted by Gasteiger charge is -2.19. The van der Waals surface area contributed by atoms with Crippen molar-refractivity contribution in [2.75, 3.05) is 57.5 Å². The first-order chi connectivity index (χ1) is 47.6. The third-order valence-corrected chi connectivity index (χ3v) is 17.1. The number of alkyl halides is 4. The lowest BCUT2D eigenvalue weighted by molar-refractivity contribution is -0.0238. The van der Waals surface area contributed by atoms with Gasteiger partial charge in [0.2, 0.25) is 0 Å². The Hall–Kier alpha value is -11.5. The quantitative estimate of drug-likeness (QED) is 0.0363. The minimum absolute atomic E-state index is 0.0373. The second-order valence-corrected chi connectivity index (χ2v) is 24.9. The maximum atomic E-state index is 14.9. The van der Waals surface area contributed by atoms with Gasteiger partial charge in [0, 0.05) is 83.3 Å². The Balaban J connectivity index is 0.000000177. The summed E-state index contributed by atoms with van der Waals surface area (Å²) in [6.45, 7) is 7.73. The van der Waals surface area contributed by atoms with Crippen LogP contribution in [0, 0.1) is 44.0 Å². The minimum Gasteiger partial charge on any atom is -0.383 e. The second kappa shape index (κ2) is 29.9. The van der Waals surface area contributed by atoms with Gasteiger partial charge in [-0.05, 0) is 113 Å². The molecule has 0 radical (unpaired) electrons. The zero-order chi connectivity index (χ0) is 73.9. The minimum atomic E-state index is -3.13. The number of nitrogen functional groups attached to an aromatic ring is 3. The molecule has 11 rings (SSSR count). The largest absolute Gasteiger partial charge is 0.383 e. The molecule has 23 nitrogen and oxygen atoms in total. The van der Waals surface area contributed by atoms with Crippen LogP contribution in [0.5, 0.6) is 0 Å². The summed E-state index contributed by atoms with van der Waals surface area (Å²) < 4.78 is 119. The van der Waals surface area contributed by atoms with Crippen molar-refractivity contribution in [3.63, 3.8) is 0 Å². The second-order valence-electron chi connectivity index (χ2n) is 24.9. The summed E-state index contributed by atoms with van der Waals surface area (Å²) in [5, 5.41) is 20.6. The number of aryl methyl sites for hydroxylation is 3. The van der Waals surface area contributed by atoms with Crippen molar-refractivity contribution < 1.29 is 63.9 Å². The molecule has 2 aliphatic heterocycles. The summed E-state index contributed by atoms with van der Waals surface area (Å²) in [5.74, 6) is -13.6. The molecule has 5 heterocycles. The average molecular weight is 1400 g/mol. The Labute approximate surface area is 573 Å². The molecule has 2 aliphatic rings. The summed E-state index contributed by atoms with van der Waals surface area (Å²) in [4.78, 5) is 76.2. The van der Waals surface area contributed by atoms with Crippen molar-refractivity contribution in [2.24, 2.45) is 17.2 Å². The predicted octanol–water partition coefficient (Wildman–Crippen LogP) is 8.79. The number of carbonyl (C=O) groups excluding carboxylic acids is 6. The number of nitrogens with two attached hydrogens (primary N) is 6. The van der Waals surface area contributed by atoms with Crippen LogP contribution in [-0.2, 0) is 19.6 Å². The number of likely N-dealkylation sites (N-methyl/N-ethyl adjacent to an activating group) is 2. The van der Waals surface area contributed by atoms with E-state index >= 15 is 0 Å². The van der Waals surface area contributed by atoms with E-state index < -0.39 is 83.9 Å². The number of hydrogen-bond acceptors (Lipinski definition) is 14. The molecule has 2 saturated heterocycles. The molecule has 31 heteroatoms. The molecule has 0 bridgehead atoms. The van der Waals surface area contributed by atoms with Gasteiger partial charge in [0.05, 0.1) is 13.1 Å². The Kier molecular flexibility index (Phi) is 21.9. The van der Waals surface area contributed by atoms with Gasteiger partial charge in [0.15, 0.2) is 0 Å². The van der Waals surface area contributed by atoms with Crippen LogP contribution >= 0.6 is 0 Å². The smallest absolute Gasteiger partial charge is 0.283 e. The molecule has 0 saturated carbocycles. The fourth-order valence-corrected chi connectivity index (χ4v) is 11.8. The first-order valence-electron chi connectivity index (χ1n) is 31.3. The Morgan fingerprint density at radius 3 is 1.40 bits per heavy atom. The number of amides is 6. The lowest BCUT2D eigenvalue weighted by atomic mass is 10.0. The highest BCUT2D eigenvalue weighted by molar-refractivity contribution is 6.05. The molecule has 530 valence electrons. The molecular weight excluding hydrogens is 1330 g/mol. The van der Waals surface area contributed by atoms with Crippen molar-refractivity contribution in [2.45, 2.75) is 84.2 Å². The van der Waals surface area contributed by atoms with Gasteiger partial charge in [-0.3, -0.25) is 38.6 Å². The van der Waals surface area contributed by atoms with Crippen LogP contribution in [0.15, 0.2) is 121 Å². The molecule has 9 aromatic rings. The van der Waals surface area contributed by atoms with E-state index in [-0.39, 0.29) is 130 Å². The average Bonchev–Trinajstić information content (AvgIpc) is 1.62. The molecule has 2 unspecified atom stereocenters. The van der Waals surface area contributed by atoms with Crippen LogP contribution in [0.2, 0.25) is 0 Å². The van der Waals surface area contributed by atoms with Crippen molar-refractivity contribution in [1.29, 1.82) is 0 Å². The predicted molar refractivity (Wildman–Crippen MR) is 362 cm³/mol. The molecule has 3 aromatic heterocycles. The number of primary amides is 3. The summed E-state index contributed by atoms with van der Waals surface area (Å²) in [7, 11) is 3.12. The molecule has 6 amide bonds. The molecule has 101 heavy (non-hydrogen) atoms. The van der Waals surface area contributed by atoms with Crippen LogP contribution in [-0.4, -0.2) is 127 Å². The third-order valence-electron chi connectivity index (χ3n) is 17.1. The van der Waals surface area contributed by atoms with Crippen molar-refractivity contribution in [3.8, 4) is 33.8 Å².